The van der Waals surface area contributed by atoms with Crippen LogP contribution in [0.4, 0.5) is 4.79 Å². The second-order valence-electron chi connectivity index (χ2n) is 5.87. The van der Waals surface area contributed by atoms with Crippen molar-refractivity contribution in [1.82, 2.24) is 0 Å². The number of benzene rings is 1. The molecule has 0 aliphatic carbocycles. The van der Waals surface area contributed by atoms with Crippen molar-refractivity contribution in [3.8, 4) is 5.75 Å². The Morgan fingerprint density at radius 3 is 2.35 bits per heavy atom. The van der Waals surface area contributed by atoms with Crippen LogP contribution in [0, 0.1) is 5.92 Å². The van der Waals surface area contributed by atoms with E-state index in [2.05, 4.69) is 21.7 Å². The minimum absolute atomic E-state index is 0.233. The highest BCUT2D eigenvalue weighted by Crippen LogP contribution is 2.14. The Balaban J connectivity index is 2.26. The predicted molar refractivity (Wildman–Crippen MR) is 94.5 cm³/mol. The Kier molecular flexibility index (Phi) is 10.9. The lowest BCUT2D eigenvalue weighted by Gasteiger charge is -2.13. The zero-order chi connectivity index (χ0) is 19.2. The van der Waals surface area contributed by atoms with Crippen molar-refractivity contribution in [2.24, 2.45) is 5.92 Å². The van der Waals surface area contributed by atoms with E-state index in [9.17, 15) is 9.59 Å². The summed E-state index contributed by atoms with van der Waals surface area (Å²) >= 11 is 0. The molecule has 1 aromatic carbocycles. The highest BCUT2D eigenvalue weighted by atomic mass is 17.5. The number of hydrogen-bond acceptors (Lipinski definition) is 7. The van der Waals surface area contributed by atoms with Crippen LogP contribution in [-0.4, -0.2) is 25.3 Å². The summed E-state index contributed by atoms with van der Waals surface area (Å²) in [5, 5.41) is 4.20. The average molecular weight is 368 g/mol. The van der Waals surface area contributed by atoms with Gasteiger partial charge in [-0.15, -0.1) is 0 Å². The molecule has 0 saturated heterocycles. The maximum Gasteiger partial charge on any atom is 0.543 e. The van der Waals surface area contributed by atoms with Crippen molar-refractivity contribution in [3.05, 3.63) is 29.8 Å². The van der Waals surface area contributed by atoms with Crippen LogP contribution in [-0.2, 0) is 19.6 Å². The monoisotopic (exact) mass is 368 g/mol. The SMILES string of the molecule is CCCCC(CC)COC(=O)OOOC(=O)c1ccc(OCCC)cc1. The largest absolute Gasteiger partial charge is 0.543 e. The van der Waals surface area contributed by atoms with E-state index in [1.54, 1.807) is 12.1 Å². The summed E-state index contributed by atoms with van der Waals surface area (Å²) in [5.41, 5.74) is 0.233. The van der Waals surface area contributed by atoms with E-state index in [0.717, 1.165) is 32.1 Å². The fourth-order valence-electron chi connectivity index (χ4n) is 2.14. The van der Waals surface area contributed by atoms with E-state index in [4.69, 9.17) is 9.47 Å². The molecule has 0 heterocycles. The van der Waals surface area contributed by atoms with Crippen LogP contribution in [0.2, 0.25) is 0 Å². The summed E-state index contributed by atoms with van der Waals surface area (Å²) in [6.45, 7) is 6.98. The Hall–Kier alpha value is -2.28. The van der Waals surface area contributed by atoms with E-state index < -0.39 is 12.1 Å². The van der Waals surface area contributed by atoms with Crippen LogP contribution in [0.5, 0.6) is 5.75 Å². The minimum Gasteiger partial charge on any atom is -0.494 e. The average Bonchev–Trinajstić information content (AvgIpc) is 2.66. The molecule has 0 amide bonds. The molecule has 1 aromatic rings. The maximum atomic E-state index is 11.8. The molecule has 0 aliphatic rings. The van der Waals surface area contributed by atoms with Gasteiger partial charge in [0, 0.05) is 0 Å². The van der Waals surface area contributed by atoms with Crippen LogP contribution < -0.4 is 4.74 Å². The van der Waals surface area contributed by atoms with Crippen molar-refractivity contribution in [3.63, 3.8) is 0 Å². The summed E-state index contributed by atoms with van der Waals surface area (Å²) < 4.78 is 10.4. The normalized spacial score (nSPS) is 11.5. The van der Waals surface area contributed by atoms with E-state index in [-0.39, 0.29) is 18.1 Å². The summed E-state index contributed by atoms with van der Waals surface area (Å²) in [6, 6.07) is 6.33. The highest BCUT2D eigenvalue weighted by molar-refractivity contribution is 5.89. The molecule has 26 heavy (non-hydrogen) atoms. The van der Waals surface area contributed by atoms with Gasteiger partial charge in [0.2, 0.25) is 0 Å². The first-order chi connectivity index (χ1) is 12.6. The van der Waals surface area contributed by atoms with Crippen LogP contribution in [0.15, 0.2) is 24.3 Å². The third-order valence-corrected chi connectivity index (χ3v) is 3.75. The van der Waals surface area contributed by atoms with Gasteiger partial charge in [0.15, 0.2) is 0 Å². The molecule has 1 atom stereocenters. The quantitative estimate of drug-likeness (QED) is 0.296. The van der Waals surface area contributed by atoms with Gasteiger partial charge in [-0.1, -0.05) is 40.0 Å². The Labute approximate surface area is 154 Å². The Bertz CT molecular complexity index is 527. The lowest BCUT2D eigenvalue weighted by Crippen LogP contribution is -2.16. The van der Waals surface area contributed by atoms with Crippen LogP contribution in [0.25, 0.3) is 0 Å². The third kappa shape index (κ3) is 8.71. The van der Waals surface area contributed by atoms with Gasteiger partial charge in [-0.25, -0.2) is 14.5 Å². The van der Waals surface area contributed by atoms with Crippen molar-refractivity contribution < 1.29 is 33.9 Å². The number of unbranched alkanes of at least 4 members (excludes halogenated alkanes) is 1. The summed E-state index contributed by atoms with van der Waals surface area (Å²) in [4.78, 5) is 31.9. The molecule has 0 radical (unpaired) electrons. The first kappa shape index (κ1) is 21.8. The molecule has 7 heteroatoms. The van der Waals surface area contributed by atoms with Gasteiger partial charge in [0.05, 0.1) is 23.8 Å². The van der Waals surface area contributed by atoms with E-state index in [0.29, 0.717) is 12.4 Å². The van der Waals surface area contributed by atoms with Crippen molar-refractivity contribution in [2.75, 3.05) is 13.2 Å². The van der Waals surface area contributed by atoms with Crippen LogP contribution in [0.1, 0.15) is 63.2 Å². The fraction of sp³-hybridized carbons (Fsp3) is 0.579. The highest BCUT2D eigenvalue weighted by Gasteiger charge is 2.14. The van der Waals surface area contributed by atoms with Crippen LogP contribution >= 0.6 is 0 Å². The van der Waals surface area contributed by atoms with Gasteiger partial charge in [0.25, 0.3) is 0 Å². The number of carbonyl (C=O) groups excluding carboxylic acids is 2. The summed E-state index contributed by atoms with van der Waals surface area (Å²) in [5.74, 6) is 0.130. The molecular weight excluding hydrogens is 340 g/mol. The molecule has 146 valence electrons. The molecule has 1 unspecified atom stereocenters. The maximum absolute atomic E-state index is 11.8. The molecule has 7 nitrogen and oxygen atoms in total. The first-order valence-electron chi connectivity index (χ1n) is 9.05. The second-order valence-corrected chi connectivity index (χ2v) is 5.87. The molecule has 1 rings (SSSR count). The molecule has 0 fully saturated rings. The van der Waals surface area contributed by atoms with Crippen molar-refractivity contribution in [2.45, 2.75) is 52.9 Å². The molecule has 0 saturated carbocycles. The summed E-state index contributed by atoms with van der Waals surface area (Å²) in [6.07, 6.45) is 3.90. The number of rotatable bonds is 12. The molecule has 0 aromatic heterocycles. The van der Waals surface area contributed by atoms with Crippen molar-refractivity contribution >= 4 is 12.1 Å². The van der Waals surface area contributed by atoms with Gasteiger partial charge in [-0.05, 0) is 43.0 Å². The van der Waals surface area contributed by atoms with Gasteiger partial charge >= 0.3 is 12.1 Å². The van der Waals surface area contributed by atoms with E-state index in [1.165, 1.54) is 12.1 Å². The molecule has 0 N–H and O–H groups in total. The number of carbonyl (C=O) groups is 2. The minimum atomic E-state index is -1.05. The number of hydrogen-bond donors (Lipinski definition) is 0. The van der Waals surface area contributed by atoms with Gasteiger partial charge in [-0.2, -0.15) is 0 Å². The van der Waals surface area contributed by atoms with Crippen LogP contribution in [0.3, 0.4) is 0 Å². The van der Waals surface area contributed by atoms with Gasteiger partial charge in [-0.3, -0.25) is 4.89 Å². The zero-order valence-corrected chi connectivity index (χ0v) is 15.7. The fourth-order valence-corrected chi connectivity index (χ4v) is 2.14. The van der Waals surface area contributed by atoms with E-state index in [1.807, 2.05) is 13.8 Å². The smallest absolute Gasteiger partial charge is 0.494 e. The summed E-state index contributed by atoms with van der Waals surface area (Å²) in [7, 11) is 0. The molecule has 0 aliphatic heterocycles. The number of ether oxygens (including phenoxy) is 2. The molecule has 0 bridgehead atoms. The lowest BCUT2D eigenvalue weighted by molar-refractivity contribution is -0.452. The Morgan fingerprint density at radius 2 is 1.73 bits per heavy atom. The van der Waals surface area contributed by atoms with E-state index >= 15 is 0 Å². The topological polar surface area (TPSA) is 80.3 Å². The predicted octanol–water partition coefficient (Wildman–Crippen LogP) is 4.85. The van der Waals surface area contributed by atoms with Gasteiger partial charge < -0.3 is 9.47 Å². The lowest BCUT2D eigenvalue weighted by atomic mass is 10.0. The Morgan fingerprint density at radius 1 is 1.00 bits per heavy atom. The standard InChI is InChI=1S/C19H28O7/c1-4-7-8-15(6-3)14-23-19(21)25-26-24-18(20)16-9-11-17(12-10-16)22-13-5-2/h9-12,15H,4-8,13-14H2,1-3H3. The first-order valence-corrected chi connectivity index (χ1v) is 9.05. The molecule has 0 spiro atoms. The third-order valence-electron chi connectivity index (χ3n) is 3.75. The van der Waals surface area contributed by atoms with Crippen molar-refractivity contribution in [1.29, 1.82) is 0 Å². The van der Waals surface area contributed by atoms with Gasteiger partial charge in [0.1, 0.15) is 5.75 Å². The zero-order valence-electron chi connectivity index (χ0n) is 15.7. The molecular formula is C19H28O7. The second kappa shape index (κ2) is 13.0.